The normalized spacial score (nSPS) is 26.0. The van der Waals surface area contributed by atoms with Gasteiger partial charge in [0.25, 0.3) is 0 Å². The Morgan fingerprint density at radius 2 is 2.35 bits per heavy atom. The number of nitrogens with zero attached hydrogens (tertiary/aromatic N) is 1. The Bertz CT molecular complexity index is 522. The number of hydrogen-bond acceptors (Lipinski definition) is 5. The van der Waals surface area contributed by atoms with Crippen LogP contribution >= 0.6 is 11.8 Å². The lowest BCUT2D eigenvalue weighted by Crippen LogP contribution is -2.46. The third kappa shape index (κ3) is 2.58. The highest BCUT2D eigenvalue weighted by Crippen LogP contribution is 2.40. The molecule has 108 valence electrons. The van der Waals surface area contributed by atoms with Gasteiger partial charge in [-0.2, -0.15) is 11.8 Å². The van der Waals surface area contributed by atoms with E-state index in [1.807, 2.05) is 6.07 Å². The van der Waals surface area contributed by atoms with E-state index in [2.05, 4.69) is 4.90 Å². The van der Waals surface area contributed by atoms with Crippen molar-refractivity contribution in [1.29, 1.82) is 0 Å². The van der Waals surface area contributed by atoms with Crippen molar-refractivity contribution in [3.8, 4) is 11.5 Å². The fourth-order valence-corrected chi connectivity index (χ4v) is 4.00. The molecule has 20 heavy (non-hydrogen) atoms. The van der Waals surface area contributed by atoms with E-state index in [1.54, 1.807) is 23.9 Å². The van der Waals surface area contributed by atoms with Gasteiger partial charge >= 0.3 is 5.97 Å². The molecule has 2 heterocycles. The van der Waals surface area contributed by atoms with E-state index in [1.165, 1.54) is 0 Å². The smallest absolute Gasteiger partial charge is 0.304 e. The molecule has 2 N–H and O–H groups in total. The highest BCUT2D eigenvalue weighted by Gasteiger charge is 2.36. The predicted octanol–water partition coefficient (Wildman–Crippen LogP) is 1.72. The van der Waals surface area contributed by atoms with E-state index in [4.69, 9.17) is 9.84 Å². The zero-order valence-corrected chi connectivity index (χ0v) is 11.8. The van der Waals surface area contributed by atoms with Crippen LogP contribution in [0.5, 0.6) is 11.5 Å². The van der Waals surface area contributed by atoms with Gasteiger partial charge in [0.2, 0.25) is 0 Å². The molecule has 2 atom stereocenters. The number of phenols is 1. The van der Waals surface area contributed by atoms with Gasteiger partial charge in [-0.25, -0.2) is 0 Å². The van der Waals surface area contributed by atoms with Crippen LogP contribution < -0.4 is 4.74 Å². The summed E-state index contributed by atoms with van der Waals surface area (Å²) in [5.41, 5.74) is 1.05. The quantitative estimate of drug-likeness (QED) is 0.885. The largest absolute Gasteiger partial charge is 0.508 e. The SMILES string of the molecule is O=C(O)CC1CSCCN1C1COc2cc(O)ccc21. The molecule has 1 aromatic rings. The fraction of sp³-hybridized carbons (Fsp3) is 0.500. The number of hydrogen-bond donors (Lipinski definition) is 2. The van der Waals surface area contributed by atoms with Crippen molar-refractivity contribution in [3.63, 3.8) is 0 Å². The van der Waals surface area contributed by atoms with Gasteiger partial charge in [0.15, 0.2) is 0 Å². The average Bonchev–Trinajstić information content (AvgIpc) is 2.81. The standard InChI is InChI=1S/C14H17NO4S/c16-10-1-2-11-12(7-19-13(11)6-10)15-3-4-20-8-9(15)5-14(17)18/h1-2,6,9,12,16H,3-5,7-8H2,(H,17,18). The molecule has 2 aliphatic heterocycles. The molecular weight excluding hydrogens is 278 g/mol. The third-order valence-corrected chi connectivity index (χ3v) is 4.93. The van der Waals surface area contributed by atoms with Crippen molar-refractivity contribution in [1.82, 2.24) is 4.90 Å². The van der Waals surface area contributed by atoms with Crippen molar-refractivity contribution < 1.29 is 19.7 Å². The van der Waals surface area contributed by atoms with Crippen LogP contribution in [-0.4, -0.2) is 51.8 Å². The molecule has 0 aromatic heterocycles. The van der Waals surface area contributed by atoms with E-state index >= 15 is 0 Å². The molecule has 2 unspecified atom stereocenters. The lowest BCUT2D eigenvalue weighted by atomic mass is 10.0. The number of aliphatic carboxylic acids is 1. The Morgan fingerprint density at radius 3 is 3.15 bits per heavy atom. The minimum atomic E-state index is -0.757. The number of carboxylic acid groups (broad SMARTS) is 1. The van der Waals surface area contributed by atoms with E-state index in [-0.39, 0.29) is 24.3 Å². The lowest BCUT2D eigenvalue weighted by molar-refractivity contribution is -0.138. The molecule has 0 radical (unpaired) electrons. The number of phenolic OH excluding ortho intramolecular Hbond substituents is 1. The summed E-state index contributed by atoms with van der Waals surface area (Å²) in [5.74, 6) is 2.01. The summed E-state index contributed by atoms with van der Waals surface area (Å²) in [6.45, 7) is 1.40. The number of carboxylic acids is 1. The molecule has 0 amide bonds. The molecule has 0 aliphatic carbocycles. The van der Waals surface area contributed by atoms with Gasteiger partial charge < -0.3 is 14.9 Å². The Balaban J connectivity index is 1.83. The van der Waals surface area contributed by atoms with Crippen LogP contribution in [0.3, 0.4) is 0 Å². The first-order chi connectivity index (χ1) is 9.65. The molecule has 1 fully saturated rings. The summed E-state index contributed by atoms with van der Waals surface area (Å²) in [6, 6.07) is 5.29. The van der Waals surface area contributed by atoms with Crippen molar-refractivity contribution >= 4 is 17.7 Å². The van der Waals surface area contributed by atoms with E-state index in [0.29, 0.717) is 12.4 Å². The molecule has 0 bridgehead atoms. The minimum Gasteiger partial charge on any atom is -0.508 e. The van der Waals surface area contributed by atoms with Gasteiger partial charge in [-0.15, -0.1) is 0 Å². The van der Waals surface area contributed by atoms with Gasteiger partial charge in [0.1, 0.15) is 18.1 Å². The second kappa shape index (κ2) is 5.54. The number of benzene rings is 1. The number of rotatable bonds is 3. The van der Waals surface area contributed by atoms with Crippen molar-refractivity contribution in [2.24, 2.45) is 0 Å². The van der Waals surface area contributed by atoms with Crippen LogP contribution in [0.15, 0.2) is 18.2 Å². The zero-order valence-electron chi connectivity index (χ0n) is 11.0. The van der Waals surface area contributed by atoms with Gasteiger partial charge in [-0.05, 0) is 12.1 Å². The van der Waals surface area contributed by atoms with Crippen molar-refractivity contribution in [3.05, 3.63) is 23.8 Å². The second-order valence-corrected chi connectivity index (χ2v) is 6.26. The van der Waals surface area contributed by atoms with Gasteiger partial charge in [-0.3, -0.25) is 9.69 Å². The fourth-order valence-electron chi connectivity index (χ4n) is 2.91. The third-order valence-electron chi connectivity index (χ3n) is 3.84. The predicted molar refractivity (Wildman–Crippen MR) is 76.4 cm³/mol. The summed E-state index contributed by atoms with van der Waals surface area (Å²) in [6.07, 6.45) is 0.164. The highest BCUT2D eigenvalue weighted by molar-refractivity contribution is 7.99. The number of fused-ring (bicyclic) bond motifs is 1. The monoisotopic (exact) mass is 295 g/mol. The molecule has 5 nitrogen and oxygen atoms in total. The Hall–Kier alpha value is -1.40. The van der Waals surface area contributed by atoms with E-state index in [9.17, 15) is 9.90 Å². The van der Waals surface area contributed by atoms with Gasteiger partial charge in [-0.1, -0.05) is 0 Å². The number of carbonyl (C=O) groups is 1. The Morgan fingerprint density at radius 1 is 1.50 bits per heavy atom. The van der Waals surface area contributed by atoms with Crippen LogP contribution in [0.25, 0.3) is 0 Å². The van der Waals surface area contributed by atoms with E-state index in [0.717, 1.165) is 23.6 Å². The summed E-state index contributed by atoms with van der Waals surface area (Å²) in [5, 5.41) is 18.5. The lowest BCUT2D eigenvalue weighted by Gasteiger charge is -2.38. The summed E-state index contributed by atoms with van der Waals surface area (Å²) in [4.78, 5) is 13.3. The summed E-state index contributed by atoms with van der Waals surface area (Å²) in [7, 11) is 0. The first-order valence-corrected chi connectivity index (χ1v) is 7.81. The highest BCUT2D eigenvalue weighted by atomic mass is 32.2. The van der Waals surface area contributed by atoms with Gasteiger partial charge in [0, 0.05) is 35.7 Å². The Labute approximate surface area is 121 Å². The topological polar surface area (TPSA) is 70.0 Å². The van der Waals surface area contributed by atoms with Crippen LogP contribution in [0, 0.1) is 0 Å². The number of aromatic hydroxyl groups is 1. The maximum Gasteiger partial charge on any atom is 0.304 e. The first kappa shape index (κ1) is 13.6. The minimum absolute atomic E-state index is 0.0413. The molecular formula is C14H17NO4S. The van der Waals surface area contributed by atoms with Crippen LogP contribution in [-0.2, 0) is 4.79 Å². The summed E-state index contributed by atoms with van der Waals surface area (Å²) >= 11 is 1.81. The molecule has 6 heteroatoms. The molecule has 2 aliphatic rings. The number of ether oxygens (including phenoxy) is 1. The Kier molecular flexibility index (Phi) is 3.76. The van der Waals surface area contributed by atoms with Crippen LogP contribution in [0.2, 0.25) is 0 Å². The van der Waals surface area contributed by atoms with Crippen LogP contribution in [0.4, 0.5) is 0 Å². The van der Waals surface area contributed by atoms with Crippen LogP contribution in [0.1, 0.15) is 18.0 Å². The maximum atomic E-state index is 11.0. The molecule has 0 spiro atoms. The maximum absolute atomic E-state index is 11.0. The second-order valence-electron chi connectivity index (χ2n) is 5.11. The van der Waals surface area contributed by atoms with Crippen molar-refractivity contribution in [2.45, 2.75) is 18.5 Å². The average molecular weight is 295 g/mol. The molecule has 0 saturated carbocycles. The van der Waals surface area contributed by atoms with Crippen molar-refractivity contribution in [2.75, 3.05) is 24.7 Å². The summed E-state index contributed by atoms with van der Waals surface area (Å²) < 4.78 is 5.64. The molecule has 3 rings (SSSR count). The zero-order chi connectivity index (χ0) is 14.1. The number of thioether (sulfide) groups is 1. The molecule has 1 aromatic carbocycles. The van der Waals surface area contributed by atoms with Gasteiger partial charge in [0.05, 0.1) is 12.5 Å². The molecule has 1 saturated heterocycles. The van der Waals surface area contributed by atoms with E-state index < -0.39 is 5.97 Å². The first-order valence-electron chi connectivity index (χ1n) is 6.66.